The molecule has 0 aromatic carbocycles. The maximum absolute atomic E-state index is 11.1. The molecule has 0 unspecified atom stereocenters. The van der Waals surface area contributed by atoms with Crippen molar-refractivity contribution in [3.63, 3.8) is 0 Å². The topological polar surface area (TPSA) is 54.2 Å². The molecule has 1 saturated heterocycles. The summed E-state index contributed by atoms with van der Waals surface area (Å²) in [6.07, 6.45) is 5.54. The van der Waals surface area contributed by atoms with E-state index in [0.29, 0.717) is 11.8 Å². The van der Waals surface area contributed by atoms with Gasteiger partial charge in [0.15, 0.2) is 0 Å². The fourth-order valence-electron chi connectivity index (χ4n) is 6.44. The fourth-order valence-corrected chi connectivity index (χ4v) is 6.59. The predicted octanol–water partition coefficient (Wildman–Crippen LogP) is 4.66. The molecule has 8 atom stereocenters. The normalized spacial score (nSPS) is 52.6. The number of halogens is 1. The van der Waals surface area contributed by atoms with Gasteiger partial charge >= 0.3 is 0 Å². The van der Waals surface area contributed by atoms with Gasteiger partial charge < -0.3 is 9.84 Å². The van der Waals surface area contributed by atoms with Crippen LogP contribution in [0.1, 0.15) is 73.1 Å². The van der Waals surface area contributed by atoms with Gasteiger partial charge in [-0.25, -0.2) is 0 Å². The first kappa shape index (κ1) is 21.3. The number of fused-ring (bicyclic) bond motifs is 1. The van der Waals surface area contributed by atoms with Gasteiger partial charge in [0.1, 0.15) is 0 Å². The van der Waals surface area contributed by atoms with E-state index < -0.39 is 5.60 Å². The van der Waals surface area contributed by atoms with E-state index in [9.17, 15) is 5.11 Å². The molecule has 0 aromatic heterocycles. The molecule has 1 aliphatic heterocycles. The van der Waals surface area contributed by atoms with Gasteiger partial charge in [0.25, 0.3) is 0 Å². The smallest absolute Gasteiger partial charge is 0.0844 e. The van der Waals surface area contributed by atoms with E-state index in [2.05, 4.69) is 51.1 Å². The van der Waals surface area contributed by atoms with Crippen molar-refractivity contribution >= 4 is 25.0 Å². The van der Waals surface area contributed by atoms with Gasteiger partial charge in [0.2, 0.25) is 0 Å². The molecular weight excluding hydrogens is 360 g/mol. The van der Waals surface area contributed by atoms with Crippen LogP contribution in [-0.2, 0) is 4.74 Å². The third-order valence-electron chi connectivity index (χ3n) is 8.14. The molecule has 0 bridgehead atoms. The van der Waals surface area contributed by atoms with Gasteiger partial charge in [-0.2, -0.15) is 0 Å². The summed E-state index contributed by atoms with van der Waals surface area (Å²) in [5.41, 5.74) is -1.65. The Morgan fingerprint density at radius 3 is 2.15 bits per heavy atom. The molecule has 3 aliphatic rings. The van der Waals surface area contributed by atoms with Crippen molar-refractivity contribution in [2.45, 2.75) is 107 Å². The standard InChI is InChI=1S/C22H37ClN2O2/c1-19(2)16(23)10-13-22(5,27-19)15-8-11-20(3,25-7)14-9-12-21(4,26)18(24-6)17(14)15/h14-18,26H,6-13H2,1-5H3/t14-,15-,16+,17-,18+,20-,21+,22+/m1/s1. The van der Waals surface area contributed by atoms with Crippen molar-refractivity contribution in [2.24, 2.45) is 27.7 Å². The average molecular weight is 397 g/mol. The lowest BCUT2D eigenvalue weighted by molar-refractivity contribution is -0.220. The quantitative estimate of drug-likeness (QED) is 0.557. The Morgan fingerprint density at radius 2 is 1.59 bits per heavy atom. The molecule has 0 spiro atoms. The molecule has 1 heterocycles. The number of hydrogen-bond donors (Lipinski definition) is 1. The molecule has 3 fully saturated rings. The third kappa shape index (κ3) is 3.40. The maximum atomic E-state index is 11.1. The van der Waals surface area contributed by atoms with Gasteiger partial charge in [-0.05, 0) is 104 Å². The van der Waals surface area contributed by atoms with E-state index in [0.717, 1.165) is 38.5 Å². The maximum Gasteiger partial charge on any atom is 0.0844 e. The number of rotatable bonds is 3. The molecule has 0 amide bonds. The molecule has 27 heavy (non-hydrogen) atoms. The second-order valence-electron chi connectivity index (χ2n) is 10.4. The largest absolute Gasteiger partial charge is 0.388 e. The van der Waals surface area contributed by atoms with Crippen LogP contribution in [-0.4, -0.2) is 52.3 Å². The summed E-state index contributed by atoms with van der Waals surface area (Å²) in [5.74, 6) is 0.813. The van der Waals surface area contributed by atoms with Crippen LogP contribution in [0.25, 0.3) is 0 Å². The van der Waals surface area contributed by atoms with E-state index in [-0.39, 0.29) is 34.1 Å². The molecule has 2 aliphatic carbocycles. The summed E-state index contributed by atoms with van der Waals surface area (Å²) in [6, 6.07) is -0.208. The first-order chi connectivity index (χ1) is 12.4. The number of alkyl halides is 1. The summed E-state index contributed by atoms with van der Waals surface area (Å²) in [4.78, 5) is 9.04. The van der Waals surface area contributed by atoms with E-state index in [1.165, 1.54) is 0 Å². The van der Waals surface area contributed by atoms with Gasteiger partial charge in [0.05, 0.1) is 33.8 Å². The highest BCUT2D eigenvalue weighted by molar-refractivity contribution is 6.21. The van der Waals surface area contributed by atoms with Crippen molar-refractivity contribution < 1.29 is 9.84 Å². The fraction of sp³-hybridized carbons (Fsp3) is 0.909. The van der Waals surface area contributed by atoms with Gasteiger partial charge in [0, 0.05) is 0 Å². The Morgan fingerprint density at radius 1 is 0.963 bits per heavy atom. The Labute approximate surface area is 169 Å². The summed E-state index contributed by atoms with van der Waals surface area (Å²) in [7, 11) is 0. The lowest BCUT2D eigenvalue weighted by atomic mass is 9.51. The SMILES string of the molecule is C=N[C@H]1[C@@H]2[C@@H](CC[C@]1(C)O)[C@](C)(N=C)CC[C@H]2[C@]1(C)CC[C@H](Cl)C(C)(C)O1. The minimum Gasteiger partial charge on any atom is -0.388 e. The van der Waals surface area contributed by atoms with Crippen molar-refractivity contribution in [3.8, 4) is 0 Å². The number of hydrogen-bond acceptors (Lipinski definition) is 4. The van der Waals surface area contributed by atoms with E-state index in [1.807, 2.05) is 6.92 Å². The van der Waals surface area contributed by atoms with Crippen LogP contribution in [0.3, 0.4) is 0 Å². The van der Waals surface area contributed by atoms with Gasteiger partial charge in [-0.3, -0.25) is 9.98 Å². The molecule has 4 nitrogen and oxygen atoms in total. The van der Waals surface area contributed by atoms with Crippen molar-refractivity contribution in [3.05, 3.63) is 0 Å². The van der Waals surface area contributed by atoms with E-state index in [1.54, 1.807) is 0 Å². The van der Waals surface area contributed by atoms with Crippen LogP contribution in [0.2, 0.25) is 0 Å². The zero-order valence-corrected chi connectivity index (χ0v) is 18.4. The third-order valence-corrected chi connectivity index (χ3v) is 8.88. The Hall–Kier alpha value is -0.450. The highest BCUT2D eigenvalue weighted by Gasteiger charge is 2.61. The molecule has 154 valence electrons. The Balaban J connectivity index is 2.02. The zero-order chi connectivity index (χ0) is 20.3. The first-order valence-electron chi connectivity index (χ1n) is 10.4. The van der Waals surface area contributed by atoms with Crippen LogP contribution in [0, 0.1) is 17.8 Å². The average Bonchev–Trinajstić information content (AvgIpc) is 2.57. The number of ether oxygens (including phenoxy) is 1. The van der Waals surface area contributed by atoms with Crippen molar-refractivity contribution in [1.29, 1.82) is 0 Å². The molecule has 0 aromatic rings. The second kappa shape index (κ2) is 6.81. The highest BCUT2D eigenvalue weighted by Crippen LogP contribution is 2.58. The number of aliphatic imine (C=N–C) groups is 2. The molecule has 3 rings (SSSR count). The van der Waals surface area contributed by atoms with Crippen LogP contribution in [0.5, 0.6) is 0 Å². The van der Waals surface area contributed by atoms with E-state index >= 15 is 0 Å². The van der Waals surface area contributed by atoms with Crippen molar-refractivity contribution in [2.75, 3.05) is 0 Å². The number of nitrogens with zero attached hydrogens (tertiary/aromatic N) is 2. The minimum absolute atomic E-state index is 0.0212. The van der Waals surface area contributed by atoms with Crippen LogP contribution < -0.4 is 0 Å². The Kier molecular flexibility index (Phi) is 5.36. The van der Waals surface area contributed by atoms with Crippen LogP contribution in [0.4, 0.5) is 0 Å². The molecule has 5 heteroatoms. The lowest BCUT2D eigenvalue weighted by Gasteiger charge is -2.60. The summed E-state index contributed by atoms with van der Waals surface area (Å²) in [6.45, 7) is 18.3. The summed E-state index contributed by atoms with van der Waals surface area (Å²) in [5, 5.41) is 11.1. The number of aliphatic hydroxyl groups is 1. The van der Waals surface area contributed by atoms with Crippen LogP contribution >= 0.6 is 11.6 Å². The van der Waals surface area contributed by atoms with Gasteiger partial charge in [-0.15, -0.1) is 11.6 Å². The summed E-state index contributed by atoms with van der Waals surface area (Å²) < 4.78 is 6.70. The van der Waals surface area contributed by atoms with Gasteiger partial charge in [-0.1, -0.05) is 0 Å². The predicted molar refractivity (Wildman–Crippen MR) is 113 cm³/mol. The highest BCUT2D eigenvalue weighted by atomic mass is 35.5. The second-order valence-corrected chi connectivity index (χ2v) is 10.9. The molecule has 0 radical (unpaired) electrons. The van der Waals surface area contributed by atoms with E-state index in [4.69, 9.17) is 16.3 Å². The lowest BCUT2D eigenvalue weighted by Crippen LogP contribution is -2.64. The monoisotopic (exact) mass is 396 g/mol. The molecule has 1 N–H and O–H groups in total. The first-order valence-corrected chi connectivity index (χ1v) is 10.8. The summed E-state index contributed by atoms with van der Waals surface area (Å²) >= 11 is 6.56. The van der Waals surface area contributed by atoms with Crippen molar-refractivity contribution in [1.82, 2.24) is 0 Å². The Bertz CT molecular complexity index is 607. The minimum atomic E-state index is -0.837. The van der Waals surface area contributed by atoms with Crippen LogP contribution in [0.15, 0.2) is 9.98 Å². The molecule has 2 saturated carbocycles. The zero-order valence-electron chi connectivity index (χ0n) is 17.7. The molecular formula is C22H37ClN2O2.